The minimum absolute atomic E-state index is 0.476. The molecule has 1 atom stereocenters. The molecule has 1 fully saturated rings. The summed E-state index contributed by atoms with van der Waals surface area (Å²) in [7, 11) is 1.90. The van der Waals surface area contributed by atoms with Crippen molar-refractivity contribution in [2.45, 2.75) is 18.4 Å². The molecule has 0 bridgehead atoms. The summed E-state index contributed by atoms with van der Waals surface area (Å²) in [6.45, 7) is 0.836. The molecule has 60 valence electrons. The number of rotatable bonds is 1. The van der Waals surface area contributed by atoms with Crippen LogP contribution in [0.1, 0.15) is 12.8 Å². The molecule has 10 heavy (non-hydrogen) atoms. The Balaban J connectivity index is 2.45. The minimum atomic E-state index is -1.05. The number of halogens is 1. The lowest BCUT2D eigenvalue weighted by molar-refractivity contribution is -0.0399. The molecule has 0 aromatic heterocycles. The van der Waals surface area contributed by atoms with Crippen LogP contribution in [-0.4, -0.2) is 42.4 Å². The fourth-order valence-corrected chi connectivity index (χ4v) is 1.45. The molecule has 1 saturated heterocycles. The van der Waals surface area contributed by atoms with E-state index in [-0.39, 0.29) is 0 Å². The van der Waals surface area contributed by atoms with Crippen LogP contribution < -0.4 is 0 Å². The Labute approximate surface area is 60.6 Å². The van der Waals surface area contributed by atoms with Crippen LogP contribution in [0.4, 0.5) is 4.39 Å². The van der Waals surface area contributed by atoms with Crippen LogP contribution in [-0.2, 0) is 0 Å². The van der Waals surface area contributed by atoms with Crippen molar-refractivity contribution in [3.05, 3.63) is 0 Å². The lowest BCUT2D eigenvalue weighted by Crippen LogP contribution is -2.47. The maximum atomic E-state index is 12.2. The predicted molar refractivity (Wildman–Crippen MR) is 37.7 cm³/mol. The van der Waals surface area contributed by atoms with Crippen LogP contribution in [0.25, 0.3) is 0 Å². The van der Waals surface area contributed by atoms with Gasteiger partial charge in [0.25, 0.3) is 0 Å². The molecule has 0 amide bonds. The first-order chi connectivity index (χ1) is 4.66. The molecule has 0 radical (unpaired) electrons. The van der Waals surface area contributed by atoms with Gasteiger partial charge in [-0.25, -0.2) is 4.39 Å². The Hall–Kier alpha value is -0.150. The summed E-state index contributed by atoms with van der Waals surface area (Å²) in [4.78, 5) is 1.96. The van der Waals surface area contributed by atoms with Gasteiger partial charge in [-0.15, -0.1) is 0 Å². The van der Waals surface area contributed by atoms with Crippen molar-refractivity contribution in [1.82, 2.24) is 4.90 Å². The summed E-state index contributed by atoms with van der Waals surface area (Å²) in [5, 5.41) is 9.43. The smallest absolute Gasteiger partial charge is 0.119 e. The second-order valence-corrected chi connectivity index (χ2v) is 3.20. The maximum absolute atomic E-state index is 12.2. The first-order valence-electron chi connectivity index (χ1n) is 3.63. The average molecular weight is 147 g/mol. The van der Waals surface area contributed by atoms with Crippen molar-refractivity contribution in [1.29, 1.82) is 0 Å². The van der Waals surface area contributed by atoms with Gasteiger partial charge in [0, 0.05) is 6.54 Å². The van der Waals surface area contributed by atoms with Crippen LogP contribution >= 0.6 is 0 Å². The fraction of sp³-hybridized carbons (Fsp3) is 1.00. The van der Waals surface area contributed by atoms with Crippen LogP contribution in [0.2, 0.25) is 0 Å². The van der Waals surface area contributed by atoms with E-state index in [9.17, 15) is 9.50 Å². The first kappa shape index (κ1) is 7.95. The molecule has 1 aliphatic heterocycles. The van der Waals surface area contributed by atoms with Gasteiger partial charge in [0.2, 0.25) is 0 Å². The predicted octanol–water partition coefficient (Wildman–Crippen LogP) is 0.413. The van der Waals surface area contributed by atoms with Gasteiger partial charge in [0.1, 0.15) is 12.3 Å². The van der Waals surface area contributed by atoms with Crippen molar-refractivity contribution in [3.63, 3.8) is 0 Å². The van der Waals surface area contributed by atoms with Gasteiger partial charge in [0.15, 0.2) is 0 Å². The van der Waals surface area contributed by atoms with Crippen molar-refractivity contribution in [3.8, 4) is 0 Å². The van der Waals surface area contributed by atoms with E-state index in [1.54, 1.807) is 0 Å². The van der Waals surface area contributed by atoms with Crippen LogP contribution in [0.5, 0.6) is 0 Å². The van der Waals surface area contributed by atoms with Gasteiger partial charge in [-0.3, -0.25) is 0 Å². The molecule has 0 saturated carbocycles. The Kier molecular flexibility index (Phi) is 2.26. The van der Waals surface area contributed by atoms with Crippen molar-refractivity contribution >= 4 is 0 Å². The highest BCUT2D eigenvalue weighted by Gasteiger charge is 2.31. The molecule has 3 heteroatoms. The number of nitrogens with zero attached hydrogens (tertiary/aromatic N) is 1. The third kappa shape index (κ3) is 1.67. The molecule has 0 spiro atoms. The highest BCUT2D eigenvalue weighted by Crippen LogP contribution is 2.19. The van der Waals surface area contributed by atoms with Crippen LogP contribution in [0, 0.1) is 0 Å². The van der Waals surface area contributed by atoms with Crippen LogP contribution in [0.15, 0.2) is 0 Å². The summed E-state index contributed by atoms with van der Waals surface area (Å²) in [5.41, 5.74) is -1.05. The van der Waals surface area contributed by atoms with E-state index in [0.717, 1.165) is 13.0 Å². The van der Waals surface area contributed by atoms with E-state index in [1.165, 1.54) is 0 Å². The molecule has 1 unspecified atom stereocenters. The van der Waals surface area contributed by atoms with E-state index in [4.69, 9.17) is 0 Å². The molecule has 0 aromatic carbocycles. The Morgan fingerprint density at radius 1 is 1.70 bits per heavy atom. The van der Waals surface area contributed by atoms with Gasteiger partial charge in [-0.2, -0.15) is 0 Å². The first-order valence-corrected chi connectivity index (χ1v) is 3.63. The van der Waals surface area contributed by atoms with Crippen molar-refractivity contribution in [2.24, 2.45) is 0 Å². The molecular formula is C7H14FNO. The Morgan fingerprint density at radius 2 is 2.40 bits per heavy atom. The number of piperidine rings is 1. The topological polar surface area (TPSA) is 23.5 Å². The zero-order valence-corrected chi connectivity index (χ0v) is 6.31. The fourth-order valence-electron chi connectivity index (χ4n) is 1.45. The lowest BCUT2D eigenvalue weighted by atomic mass is 9.95. The third-order valence-electron chi connectivity index (χ3n) is 1.99. The number of hydrogen-bond donors (Lipinski definition) is 1. The van der Waals surface area contributed by atoms with Gasteiger partial charge >= 0.3 is 0 Å². The monoisotopic (exact) mass is 147 g/mol. The van der Waals surface area contributed by atoms with Crippen LogP contribution in [0.3, 0.4) is 0 Å². The summed E-state index contributed by atoms with van der Waals surface area (Å²) >= 11 is 0. The van der Waals surface area contributed by atoms with E-state index < -0.39 is 12.3 Å². The molecule has 1 aliphatic rings. The van der Waals surface area contributed by atoms with E-state index >= 15 is 0 Å². The lowest BCUT2D eigenvalue weighted by Gasteiger charge is -2.35. The van der Waals surface area contributed by atoms with Gasteiger partial charge in [0.05, 0.1) is 0 Å². The average Bonchev–Trinajstić information content (AvgIpc) is 1.88. The minimum Gasteiger partial charge on any atom is -0.386 e. The molecular weight excluding hydrogens is 133 g/mol. The molecule has 0 aromatic rings. The summed E-state index contributed by atoms with van der Waals surface area (Å²) in [6.07, 6.45) is 1.50. The number of alkyl halides is 1. The summed E-state index contributed by atoms with van der Waals surface area (Å²) in [6, 6.07) is 0. The zero-order valence-electron chi connectivity index (χ0n) is 6.31. The Bertz CT molecular complexity index is 120. The quantitative estimate of drug-likeness (QED) is 0.580. The van der Waals surface area contributed by atoms with Crippen molar-refractivity contribution < 1.29 is 9.50 Å². The normalized spacial score (nSPS) is 36.3. The van der Waals surface area contributed by atoms with E-state index in [2.05, 4.69) is 0 Å². The Morgan fingerprint density at radius 3 is 2.80 bits per heavy atom. The van der Waals surface area contributed by atoms with E-state index in [0.29, 0.717) is 13.0 Å². The number of likely N-dealkylation sites (tertiary alicyclic amines) is 1. The second kappa shape index (κ2) is 2.84. The SMILES string of the molecule is CN1CCCC(O)(CF)C1. The van der Waals surface area contributed by atoms with Gasteiger partial charge in [-0.1, -0.05) is 0 Å². The van der Waals surface area contributed by atoms with Crippen molar-refractivity contribution in [2.75, 3.05) is 26.8 Å². The number of likely N-dealkylation sites (N-methyl/N-ethyl adjacent to an activating group) is 1. The number of hydrogen-bond acceptors (Lipinski definition) is 2. The summed E-state index contributed by atoms with van der Waals surface area (Å²) < 4.78 is 12.2. The number of aliphatic hydroxyl groups is 1. The van der Waals surface area contributed by atoms with Gasteiger partial charge < -0.3 is 10.0 Å². The molecule has 2 nitrogen and oxygen atoms in total. The molecule has 1 heterocycles. The molecule has 1 rings (SSSR count). The highest BCUT2D eigenvalue weighted by molar-refractivity contribution is 4.85. The number of β-amino-alcohol motifs (C(OH)–C–C–N with tert-alkyl or cyclic N) is 1. The third-order valence-corrected chi connectivity index (χ3v) is 1.99. The zero-order chi connectivity index (χ0) is 7.61. The second-order valence-electron chi connectivity index (χ2n) is 3.20. The van der Waals surface area contributed by atoms with Gasteiger partial charge in [-0.05, 0) is 26.4 Å². The standard InChI is InChI=1S/C7H14FNO/c1-9-4-2-3-7(10,5-8)6-9/h10H,2-6H2,1H3. The molecule has 0 aliphatic carbocycles. The van der Waals surface area contributed by atoms with E-state index in [1.807, 2.05) is 11.9 Å². The largest absolute Gasteiger partial charge is 0.386 e. The summed E-state index contributed by atoms with van der Waals surface area (Å²) in [5.74, 6) is 0. The maximum Gasteiger partial charge on any atom is 0.119 e. The highest BCUT2D eigenvalue weighted by atomic mass is 19.1. The molecule has 1 N–H and O–H groups in total.